The van der Waals surface area contributed by atoms with Crippen molar-refractivity contribution in [2.75, 3.05) is 32.7 Å². The molecule has 0 bridgehead atoms. The molecule has 2 heterocycles. The van der Waals surface area contributed by atoms with Gasteiger partial charge in [-0.2, -0.15) is 4.98 Å². The third-order valence-corrected chi connectivity index (χ3v) is 3.31. The fourth-order valence-electron chi connectivity index (χ4n) is 2.19. The van der Waals surface area contributed by atoms with Gasteiger partial charge in [-0.1, -0.05) is 0 Å². The van der Waals surface area contributed by atoms with Crippen molar-refractivity contribution in [2.45, 2.75) is 24.5 Å². The maximum Gasteiger partial charge on any atom is 0.351 e. The molecule has 1 aromatic heterocycles. The first-order chi connectivity index (χ1) is 9.49. The number of aliphatic hydroxyl groups is 2. The van der Waals surface area contributed by atoms with Crippen molar-refractivity contribution in [3.05, 3.63) is 22.7 Å². The van der Waals surface area contributed by atoms with E-state index in [9.17, 15) is 9.90 Å². The molecule has 2 N–H and O–H groups in total. The number of nitrogens with zero attached hydrogens (tertiary/aromatic N) is 3. The van der Waals surface area contributed by atoms with Crippen LogP contribution in [0, 0.1) is 0 Å². The lowest BCUT2D eigenvalue weighted by molar-refractivity contribution is -0.0624. The van der Waals surface area contributed by atoms with Crippen LogP contribution in [0.3, 0.4) is 0 Å². The van der Waals surface area contributed by atoms with Crippen LogP contribution in [0.5, 0.6) is 0 Å². The number of rotatable bonds is 4. The number of hydrogen-bond acceptors (Lipinski definition) is 7. The van der Waals surface area contributed by atoms with Crippen molar-refractivity contribution in [2.24, 2.45) is 0 Å². The molecule has 8 heteroatoms. The minimum absolute atomic E-state index is 0.352. The Bertz CT molecular complexity index is 518. The SMILES string of the molecule is CO[C@@H]1[C@@H](O)[C@@H](CO)O[C@H]1n1ccc(N(C)C)nc1=O. The standard InChI is InChI=1S/C12H19N3O5/c1-14(2)8-4-5-15(12(18)13-8)11-10(19-3)9(17)7(6-16)20-11/h4-5,7,9-11,16-17H,6H2,1-3H3/t7-,9+,10-,11-/m1/s1. The molecule has 0 spiro atoms. The Kier molecular flexibility index (Phi) is 4.39. The lowest BCUT2D eigenvalue weighted by Crippen LogP contribution is -2.37. The number of hydrogen-bond donors (Lipinski definition) is 2. The van der Waals surface area contributed by atoms with Crippen LogP contribution >= 0.6 is 0 Å². The molecule has 1 aliphatic heterocycles. The summed E-state index contributed by atoms with van der Waals surface area (Å²) in [7, 11) is 4.97. The summed E-state index contributed by atoms with van der Waals surface area (Å²) in [5.41, 5.74) is -0.506. The van der Waals surface area contributed by atoms with Gasteiger partial charge in [0, 0.05) is 27.4 Å². The number of methoxy groups -OCH3 is 1. The second kappa shape index (κ2) is 5.88. The molecule has 8 nitrogen and oxygen atoms in total. The monoisotopic (exact) mass is 285 g/mol. The van der Waals surface area contributed by atoms with Crippen LogP contribution in [0.25, 0.3) is 0 Å². The number of anilines is 1. The summed E-state index contributed by atoms with van der Waals surface area (Å²) in [6, 6.07) is 1.66. The molecular formula is C12H19N3O5. The normalized spacial score (nSPS) is 29.6. The Balaban J connectivity index is 2.33. The van der Waals surface area contributed by atoms with Gasteiger partial charge in [-0.25, -0.2) is 4.79 Å². The zero-order valence-corrected chi connectivity index (χ0v) is 11.6. The second-order valence-corrected chi connectivity index (χ2v) is 4.81. The van der Waals surface area contributed by atoms with Crippen molar-refractivity contribution < 1.29 is 19.7 Å². The number of aromatic nitrogens is 2. The summed E-state index contributed by atoms with van der Waals surface area (Å²) >= 11 is 0. The highest BCUT2D eigenvalue weighted by Gasteiger charge is 2.45. The minimum Gasteiger partial charge on any atom is -0.394 e. The van der Waals surface area contributed by atoms with Gasteiger partial charge < -0.3 is 24.6 Å². The van der Waals surface area contributed by atoms with Crippen LogP contribution in [-0.2, 0) is 9.47 Å². The molecule has 0 amide bonds. The molecule has 1 aliphatic rings. The number of ether oxygens (including phenoxy) is 2. The van der Waals surface area contributed by atoms with E-state index in [1.165, 1.54) is 17.9 Å². The molecule has 1 saturated heterocycles. The maximum atomic E-state index is 12.0. The first-order valence-electron chi connectivity index (χ1n) is 6.23. The van der Waals surface area contributed by atoms with Crippen molar-refractivity contribution in [1.82, 2.24) is 9.55 Å². The lowest BCUT2D eigenvalue weighted by Gasteiger charge is -2.21. The van der Waals surface area contributed by atoms with Gasteiger partial charge in [-0.3, -0.25) is 4.57 Å². The molecule has 4 atom stereocenters. The highest BCUT2D eigenvalue weighted by molar-refractivity contribution is 5.33. The quantitative estimate of drug-likeness (QED) is 0.700. The molecule has 1 aromatic rings. The highest BCUT2D eigenvalue weighted by atomic mass is 16.6. The fraction of sp³-hybridized carbons (Fsp3) is 0.667. The predicted octanol–water partition coefficient (Wildman–Crippen LogP) is -1.43. The molecule has 112 valence electrons. The molecule has 2 rings (SSSR count). The first kappa shape index (κ1) is 14.9. The first-order valence-corrected chi connectivity index (χ1v) is 6.23. The highest BCUT2D eigenvalue weighted by Crippen LogP contribution is 2.30. The molecule has 1 fully saturated rings. The van der Waals surface area contributed by atoms with Crippen LogP contribution in [0.15, 0.2) is 17.1 Å². The summed E-state index contributed by atoms with van der Waals surface area (Å²) < 4.78 is 11.9. The van der Waals surface area contributed by atoms with Crippen molar-refractivity contribution in [3.8, 4) is 0 Å². The largest absolute Gasteiger partial charge is 0.394 e. The van der Waals surface area contributed by atoms with Crippen LogP contribution in [0.4, 0.5) is 5.82 Å². The molecule has 0 radical (unpaired) electrons. The molecule has 0 aromatic carbocycles. The third kappa shape index (κ3) is 2.55. The van der Waals surface area contributed by atoms with Crippen molar-refractivity contribution >= 4 is 5.82 Å². The summed E-state index contributed by atoms with van der Waals surface area (Å²) in [5.74, 6) is 0.525. The predicted molar refractivity (Wildman–Crippen MR) is 70.6 cm³/mol. The second-order valence-electron chi connectivity index (χ2n) is 4.81. The van der Waals surface area contributed by atoms with Gasteiger partial charge in [0.2, 0.25) is 0 Å². The minimum atomic E-state index is -1.00. The van der Waals surface area contributed by atoms with E-state index < -0.39 is 30.2 Å². The molecule has 20 heavy (non-hydrogen) atoms. The zero-order valence-electron chi connectivity index (χ0n) is 11.6. The summed E-state index contributed by atoms with van der Waals surface area (Å²) in [5, 5.41) is 19.1. The topological polar surface area (TPSA) is 97.1 Å². The van der Waals surface area contributed by atoms with Gasteiger partial charge in [0.05, 0.1) is 6.61 Å². The Morgan fingerprint density at radius 1 is 1.55 bits per heavy atom. The van der Waals surface area contributed by atoms with Gasteiger partial charge in [0.15, 0.2) is 6.23 Å². The van der Waals surface area contributed by atoms with E-state index in [1.54, 1.807) is 25.1 Å². The van der Waals surface area contributed by atoms with E-state index in [1.807, 2.05) is 0 Å². The van der Waals surface area contributed by atoms with Crippen LogP contribution in [0.1, 0.15) is 6.23 Å². The van der Waals surface area contributed by atoms with Crippen LogP contribution < -0.4 is 10.6 Å². The Labute approximate surface area is 116 Å². The summed E-state index contributed by atoms with van der Waals surface area (Å²) in [6.07, 6.45) is -1.81. The van der Waals surface area contributed by atoms with E-state index in [0.29, 0.717) is 5.82 Å². The fourth-order valence-corrected chi connectivity index (χ4v) is 2.19. The number of aliphatic hydroxyl groups excluding tert-OH is 2. The lowest BCUT2D eigenvalue weighted by atomic mass is 10.1. The Morgan fingerprint density at radius 3 is 2.75 bits per heavy atom. The molecule has 0 unspecified atom stereocenters. The molecule has 0 aliphatic carbocycles. The van der Waals surface area contributed by atoms with Gasteiger partial charge in [0.1, 0.15) is 24.1 Å². The third-order valence-electron chi connectivity index (χ3n) is 3.31. The van der Waals surface area contributed by atoms with E-state index in [4.69, 9.17) is 14.6 Å². The molecular weight excluding hydrogens is 266 g/mol. The summed E-state index contributed by atoms with van der Waals surface area (Å²) in [6.45, 7) is -0.352. The van der Waals surface area contributed by atoms with Crippen LogP contribution in [-0.4, -0.2) is 65.9 Å². The van der Waals surface area contributed by atoms with Gasteiger partial charge >= 0.3 is 5.69 Å². The van der Waals surface area contributed by atoms with Gasteiger partial charge in [-0.05, 0) is 6.07 Å². The Hall–Kier alpha value is -1.48. The van der Waals surface area contributed by atoms with E-state index in [0.717, 1.165) is 0 Å². The van der Waals surface area contributed by atoms with Gasteiger partial charge in [-0.15, -0.1) is 0 Å². The molecule has 0 saturated carbocycles. The van der Waals surface area contributed by atoms with E-state index in [-0.39, 0.29) is 6.61 Å². The zero-order chi connectivity index (χ0) is 14.9. The van der Waals surface area contributed by atoms with E-state index >= 15 is 0 Å². The van der Waals surface area contributed by atoms with E-state index in [2.05, 4.69) is 4.98 Å². The maximum absolute atomic E-state index is 12.0. The average molecular weight is 285 g/mol. The summed E-state index contributed by atoms with van der Waals surface area (Å²) in [4.78, 5) is 17.7. The van der Waals surface area contributed by atoms with Crippen molar-refractivity contribution in [1.29, 1.82) is 0 Å². The Morgan fingerprint density at radius 2 is 2.25 bits per heavy atom. The smallest absolute Gasteiger partial charge is 0.351 e. The average Bonchev–Trinajstić information content (AvgIpc) is 2.74. The van der Waals surface area contributed by atoms with Crippen LogP contribution in [0.2, 0.25) is 0 Å². The van der Waals surface area contributed by atoms with Crippen molar-refractivity contribution in [3.63, 3.8) is 0 Å². The van der Waals surface area contributed by atoms with Gasteiger partial charge in [0.25, 0.3) is 0 Å².